The Kier molecular flexibility index (Phi) is 9.20. The molecule has 4 aromatic rings. The van der Waals surface area contributed by atoms with Gasteiger partial charge >= 0.3 is 12.2 Å². The summed E-state index contributed by atoms with van der Waals surface area (Å²) in [5.41, 5.74) is 1.47. The maximum Gasteiger partial charge on any atom is 0.418 e. The molecule has 1 aliphatic rings. The Morgan fingerprint density at radius 3 is 2.55 bits per heavy atom. The monoisotopic (exact) mass is 608 g/mol. The quantitative estimate of drug-likeness (QED) is 0.225. The zero-order valence-electron chi connectivity index (χ0n) is 24.1. The van der Waals surface area contributed by atoms with Crippen molar-refractivity contribution >= 4 is 40.3 Å². The van der Waals surface area contributed by atoms with Gasteiger partial charge in [-0.25, -0.2) is 14.8 Å². The van der Waals surface area contributed by atoms with Crippen molar-refractivity contribution in [2.75, 3.05) is 62.4 Å². The largest absolute Gasteiger partial charge is 0.418 e. The predicted octanol–water partition coefficient (Wildman–Crippen LogP) is 4.77. The number of anilines is 3. The molecule has 11 nitrogen and oxygen atoms in total. The second kappa shape index (κ2) is 13.2. The number of halogens is 3. The van der Waals surface area contributed by atoms with Crippen LogP contribution in [0.5, 0.6) is 0 Å². The molecule has 230 valence electrons. The SMILES string of the molecule is CNc1ncc2cc(-c3cc(C(=O)Nc4ccc(NC(=O)NCCN5CCOCC5)c(C(F)(F)F)c4)ccc3C)cnc2n1. The second-order valence-electron chi connectivity index (χ2n) is 10.2. The highest BCUT2D eigenvalue weighted by Crippen LogP contribution is 2.37. The minimum Gasteiger partial charge on any atom is -0.379 e. The van der Waals surface area contributed by atoms with Crippen molar-refractivity contribution in [3.8, 4) is 11.1 Å². The molecule has 1 aliphatic heterocycles. The smallest absolute Gasteiger partial charge is 0.379 e. The van der Waals surface area contributed by atoms with Crippen LogP contribution in [-0.4, -0.2) is 78.2 Å². The van der Waals surface area contributed by atoms with Gasteiger partial charge < -0.3 is 26.0 Å². The average Bonchev–Trinajstić information content (AvgIpc) is 3.01. The van der Waals surface area contributed by atoms with Gasteiger partial charge in [-0.2, -0.15) is 18.2 Å². The Bertz CT molecular complexity index is 1680. The number of amides is 3. The van der Waals surface area contributed by atoms with Crippen molar-refractivity contribution in [1.82, 2.24) is 25.2 Å². The molecule has 2 aromatic carbocycles. The summed E-state index contributed by atoms with van der Waals surface area (Å²) in [5, 5.41) is 11.0. The molecule has 1 saturated heterocycles. The lowest BCUT2D eigenvalue weighted by Gasteiger charge is -2.26. The topological polar surface area (TPSA) is 133 Å². The van der Waals surface area contributed by atoms with E-state index in [9.17, 15) is 22.8 Å². The fraction of sp³-hybridized carbons (Fsp3) is 0.300. The third kappa shape index (κ3) is 7.38. The number of urea groups is 1. The van der Waals surface area contributed by atoms with E-state index in [-0.39, 0.29) is 17.8 Å². The first-order chi connectivity index (χ1) is 21.1. The Morgan fingerprint density at radius 1 is 1.00 bits per heavy atom. The van der Waals surface area contributed by atoms with E-state index in [4.69, 9.17) is 4.74 Å². The number of aryl methyl sites for hydroxylation is 1. The van der Waals surface area contributed by atoms with Gasteiger partial charge in [0.05, 0.1) is 24.5 Å². The molecule has 0 aliphatic carbocycles. The van der Waals surface area contributed by atoms with Gasteiger partial charge in [0, 0.05) is 67.8 Å². The van der Waals surface area contributed by atoms with Crippen molar-refractivity contribution in [2.24, 2.45) is 0 Å². The van der Waals surface area contributed by atoms with Gasteiger partial charge in [0.25, 0.3) is 5.91 Å². The van der Waals surface area contributed by atoms with Crippen LogP contribution < -0.4 is 21.3 Å². The summed E-state index contributed by atoms with van der Waals surface area (Å²) < 4.78 is 47.1. The molecule has 1 fully saturated rings. The minimum atomic E-state index is -4.78. The third-order valence-electron chi connectivity index (χ3n) is 7.12. The van der Waals surface area contributed by atoms with Crippen molar-refractivity contribution in [3.05, 3.63) is 71.5 Å². The van der Waals surface area contributed by atoms with E-state index < -0.39 is 29.4 Å². The summed E-state index contributed by atoms with van der Waals surface area (Å²) in [6.45, 7) is 5.36. The first-order valence-corrected chi connectivity index (χ1v) is 13.9. The number of hydrogen-bond donors (Lipinski definition) is 4. The van der Waals surface area contributed by atoms with Crippen LogP contribution in [0.2, 0.25) is 0 Å². The molecule has 14 heteroatoms. The Labute approximate surface area is 251 Å². The molecular weight excluding hydrogens is 577 g/mol. The van der Waals surface area contributed by atoms with Crippen LogP contribution in [0.4, 0.5) is 35.3 Å². The highest BCUT2D eigenvalue weighted by atomic mass is 19.4. The lowest BCUT2D eigenvalue weighted by Crippen LogP contribution is -2.42. The maximum absolute atomic E-state index is 14.0. The number of nitrogens with one attached hydrogen (secondary N) is 4. The summed E-state index contributed by atoms with van der Waals surface area (Å²) in [6.07, 6.45) is -1.50. The number of aromatic nitrogens is 3. The number of carbonyl (C=O) groups excluding carboxylic acids is 2. The number of hydrogen-bond acceptors (Lipinski definition) is 8. The summed E-state index contributed by atoms with van der Waals surface area (Å²) in [7, 11) is 1.71. The molecule has 4 N–H and O–H groups in total. The molecule has 3 heterocycles. The molecule has 3 amide bonds. The van der Waals surface area contributed by atoms with E-state index >= 15 is 0 Å². The molecule has 0 unspecified atom stereocenters. The number of ether oxygens (including phenoxy) is 1. The Balaban J connectivity index is 1.29. The van der Waals surface area contributed by atoms with Crippen LogP contribution in [0.25, 0.3) is 22.2 Å². The van der Waals surface area contributed by atoms with Crippen LogP contribution in [0, 0.1) is 6.92 Å². The van der Waals surface area contributed by atoms with Gasteiger partial charge in [-0.15, -0.1) is 0 Å². The van der Waals surface area contributed by atoms with Crippen LogP contribution in [0.15, 0.2) is 54.9 Å². The van der Waals surface area contributed by atoms with Gasteiger partial charge in [0.2, 0.25) is 5.95 Å². The van der Waals surface area contributed by atoms with Crippen LogP contribution in [-0.2, 0) is 10.9 Å². The summed E-state index contributed by atoms with van der Waals surface area (Å²) in [4.78, 5) is 40.5. The number of pyridine rings is 1. The number of carbonyl (C=O) groups is 2. The average molecular weight is 609 g/mol. The summed E-state index contributed by atoms with van der Waals surface area (Å²) in [5.74, 6) is -0.162. The molecule has 0 radical (unpaired) electrons. The minimum absolute atomic E-state index is 0.0763. The molecule has 0 saturated carbocycles. The first-order valence-electron chi connectivity index (χ1n) is 13.9. The zero-order valence-corrected chi connectivity index (χ0v) is 24.1. The normalized spacial score (nSPS) is 13.8. The summed E-state index contributed by atoms with van der Waals surface area (Å²) in [6, 6.07) is 9.30. The van der Waals surface area contributed by atoms with Crippen molar-refractivity contribution in [2.45, 2.75) is 13.1 Å². The van der Waals surface area contributed by atoms with Gasteiger partial charge in [-0.3, -0.25) is 9.69 Å². The van der Waals surface area contributed by atoms with E-state index in [0.717, 1.165) is 41.9 Å². The zero-order chi connectivity index (χ0) is 31.3. The molecule has 5 rings (SSSR count). The van der Waals surface area contributed by atoms with E-state index in [1.807, 2.05) is 13.0 Å². The predicted molar refractivity (Wildman–Crippen MR) is 161 cm³/mol. The third-order valence-corrected chi connectivity index (χ3v) is 7.12. The lowest BCUT2D eigenvalue weighted by atomic mass is 9.98. The maximum atomic E-state index is 14.0. The van der Waals surface area contributed by atoms with Crippen LogP contribution in [0.3, 0.4) is 0 Å². The van der Waals surface area contributed by atoms with Crippen molar-refractivity contribution in [1.29, 1.82) is 0 Å². The van der Waals surface area contributed by atoms with Crippen molar-refractivity contribution in [3.63, 3.8) is 0 Å². The first kappa shape index (κ1) is 30.6. The van der Waals surface area contributed by atoms with E-state index in [1.165, 1.54) is 6.07 Å². The number of alkyl halides is 3. The number of morpholine rings is 1. The number of benzene rings is 2. The highest BCUT2D eigenvalue weighted by molar-refractivity contribution is 6.05. The van der Waals surface area contributed by atoms with E-state index in [0.29, 0.717) is 36.7 Å². The fourth-order valence-corrected chi connectivity index (χ4v) is 4.75. The second-order valence-corrected chi connectivity index (χ2v) is 10.2. The van der Waals surface area contributed by atoms with Gasteiger partial charge in [-0.05, 0) is 54.4 Å². The molecule has 2 aromatic heterocycles. The van der Waals surface area contributed by atoms with E-state index in [2.05, 4.69) is 41.1 Å². The van der Waals surface area contributed by atoms with Crippen LogP contribution >= 0.6 is 0 Å². The van der Waals surface area contributed by atoms with Crippen LogP contribution in [0.1, 0.15) is 21.5 Å². The number of nitrogens with zero attached hydrogens (tertiary/aromatic N) is 4. The highest BCUT2D eigenvalue weighted by Gasteiger charge is 2.34. The van der Waals surface area contributed by atoms with E-state index in [1.54, 1.807) is 37.6 Å². The fourth-order valence-electron chi connectivity index (χ4n) is 4.75. The number of fused-ring (bicyclic) bond motifs is 1. The standard InChI is InChI=1S/C30H31F3N8O3/c1-18-3-4-19(14-23(18)20-13-21-17-37-28(34-2)40-26(21)36-16-20)27(42)38-22-5-6-25(24(15-22)30(31,32)33)39-29(43)35-7-8-41-9-11-44-12-10-41/h3-6,13-17H,7-12H2,1-2H3,(H,38,42)(H2,35,39,43)(H,34,36,37,40). The van der Waals surface area contributed by atoms with Gasteiger partial charge in [0.1, 0.15) is 0 Å². The molecule has 44 heavy (non-hydrogen) atoms. The summed E-state index contributed by atoms with van der Waals surface area (Å²) >= 11 is 0. The molecule has 0 atom stereocenters. The Morgan fingerprint density at radius 2 is 1.80 bits per heavy atom. The number of rotatable bonds is 8. The van der Waals surface area contributed by atoms with Gasteiger partial charge in [0.15, 0.2) is 5.65 Å². The molecule has 0 bridgehead atoms. The molecule has 0 spiro atoms. The lowest BCUT2D eigenvalue weighted by molar-refractivity contribution is -0.136. The van der Waals surface area contributed by atoms with Crippen molar-refractivity contribution < 1.29 is 27.5 Å². The Hall–Kier alpha value is -4.82. The van der Waals surface area contributed by atoms with Gasteiger partial charge in [-0.1, -0.05) is 6.07 Å². The molecular formula is C30H31F3N8O3.